The fourth-order valence-electron chi connectivity index (χ4n) is 4.61. The number of nitrogens with two attached hydrogens (primary N) is 1. The molecule has 2 aromatic carbocycles. The van der Waals surface area contributed by atoms with E-state index in [0.717, 1.165) is 37.3 Å². The summed E-state index contributed by atoms with van der Waals surface area (Å²) >= 11 is 0. The second kappa shape index (κ2) is 9.65. The van der Waals surface area contributed by atoms with E-state index in [1.165, 1.54) is 5.56 Å². The SMILES string of the molecule is CC(C)c1cccc(N2CC(C(=O)Nc3ccc(N4CCC(C(N)=O)CC4)cc3)CC2=O)c1. The van der Waals surface area contributed by atoms with Gasteiger partial charge in [-0.15, -0.1) is 0 Å². The zero-order chi connectivity index (χ0) is 23.5. The van der Waals surface area contributed by atoms with Crippen molar-refractivity contribution in [2.45, 2.75) is 39.0 Å². The number of benzene rings is 2. The van der Waals surface area contributed by atoms with E-state index < -0.39 is 0 Å². The lowest BCUT2D eigenvalue weighted by atomic mass is 9.96. The fourth-order valence-corrected chi connectivity index (χ4v) is 4.61. The van der Waals surface area contributed by atoms with Crippen molar-refractivity contribution >= 4 is 34.8 Å². The lowest BCUT2D eigenvalue weighted by molar-refractivity contribution is -0.122. The number of carbonyl (C=O) groups is 3. The molecule has 2 fully saturated rings. The zero-order valence-corrected chi connectivity index (χ0v) is 19.3. The molecule has 7 nitrogen and oxygen atoms in total. The smallest absolute Gasteiger partial charge is 0.229 e. The minimum atomic E-state index is -0.382. The number of hydrogen-bond donors (Lipinski definition) is 2. The van der Waals surface area contributed by atoms with Gasteiger partial charge >= 0.3 is 0 Å². The van der Waals surface area contributed by atoms with Gasteiger partial charge in [0.2, 0.25) is 17.7 Å². The lowest BCUT2D eigenvalue weighted by Crippen LogP contribution is -2.38. The van der Waals surface area contributed by atoms with Crippen molar-refractivity contribution in [3.8, 4) is 0 Å². The molecule has 3 N–H and O–H groups in total. The molecule has 0 saturated carbocycles. The van der Waals surface area contributed by atoms with Crippen molar-refractivity contribution in [2.75, 3.05) is 34.8 Å². The molecule has 3 amide bonds. The summed E-state index contributed by atoms with van der Waals surface area (Å²) in [5.41, 5.74) is 9.21. The third kappa shape index (κ3) is 5.18. The molecule has 2 saturated heterocycles. The van der Waals surface area contributed by atoms with Crippen LogP contribution in [0.1, 0.15) is 44.6 Å². The second-order valence-electron chi connectivity index (χ2n) is 9.35. The average Bonchev–Trinajstić information content (AvgIpc) is 3.21. The number of amides is 3. The molecule has 4 rings (SSSR count). The van der Waals surface area contributed by atoms with Crippen LogP contribution in [0.2, 0.25) is 0 Å². The van der Waals surface area contributed by atoms with Gasteiger partial charge in [-0.1, -0.05) is 26.0 Å². The minimum Gasteiger partial charge on any atom is -0.371 e. The molecule has 2 aliphatic heterocycles. The van der Waals surface area contributed by atoms with Crippen molar-refractivity contribution in [1.29, 1.82) is 0 Å². The van der Waals surface area contributed by atoms with Gasteiger partial charge in [-0.25, -0.2) is 0 Å². The average molecular weight is 449 g/mol. The summed E-state index contributed by atoms with van der Waals surface area (Å²) < 4.78 is 0. The van der Waals surface area contributed by atoms with Crippen LogP contribution in [0.15, 0.2) is 48.5 Å². The van der Waals surface area contributed by atoms with Crippen LogP contribution in [0, 0.1) is 11.8 Å². The van der Waals surface area contributed by atoms with Crippen LogP contribution in [0.3, 0.4) is 0 Å². The van der Waals surface area contributed by atoms with E-state index in [2.05, 4.69) is 30.1 Å². The summed E-state index contributed by atoms with van der Waals surface area (Å²) in [6.07, 6.45) is 1.74. The van der Waals surface area contributed by atoms with Gasteiger partial charge in [0.15, 0.2) is 0 Å². The molecule has 0 aliphatic carbocycles. The number of hydrogen-bond acceptors (Lipinski definition) is 4. The first-order valence-corrected chi connectivity index (χ1v) is 11.7. The van der Waals surface area contributed by atoms with Crippen molar-refractivity contribution < 1.29 is 14.4 Å². The van der Waals surface area contributed by atoms with Crippen LogP contribution in [0.5, 0.6) is 0 Å². The highest BCUT2D eigenvalue weighted by Gasteiger charge is 2.35. The van der Waals surface area contributed by atoms with Gasteiger partial charge in [0.1, 0.15) is 0 Å². The summed E-state index contributed by atoms with van der Waals surface area (Å²) in [5, 5.41) is 2.96. The van der Waals surface area contributed by atoms with Crippen LogP contribution in [0.4, 0.5) is 17.1 Å². The largest absolute Gasteiger partial charge is 0.371 e. The van der Waals surface area contributed by atoms with E-state index >= 15 is 0 Å². The normalized spacial score (nSPS) is 19.2. The van der Waals surface area contributed by atoms with E-state index in [4.69, 9.17) is 5.73 Å². The number of rotatable bonds is 6. The van der Waals surface area contributed by atoms with Crippen molar-refractivity contribution in [2.24, 2.45) is 17.6 Å². The lowest BCUT2D eigenvalue weighted by Gasteiger charge is -2.32. The third-order valence-electron chi connectivity index (χ3n) is 6.74. The van der Waals surface area contributed by atoms with Gasteiger partial charge in [0.25, 0.3) is 0 Å². The summed E-state index contributed by atoms with van der Waals surface area (Å²) in [7, 11) is 0. The first-order chi connectivity index (χ1) is 15.8. The zero-order valence-electron chi connectivity index (χ0n) is 19.3. The molecule has 1 atom stereocenters. The molecule has 7 heteroatoms. The third-order valence-corrected chi connectivity index (χ3v) is 6.74. The Kier molecular flexibility index (Phi) is 6.67. The monoisotopic (exact) mass is 448 g/mol. The predicted octanol–water partition coefficient (Wildman–Crippen LogP) is 3.50. The van der Waals surface area contributed by atoms with Crippen LogP contribution in [0.25, 0.3) is 0 Å². The molecular formula is C26H32N4O3. The number of nitrogens with zero attached hydrogens (tertiary/aromatic N) is 2. The molecule has 174 valence electrons. The molecular weight excluding hydrogens is 416 g/mol. The quantitative estimate of drug-likeness (QED) is 0.707. The number of piperidine rings is 1. The Balaban J connectivity index is 1.34. The Bertz CT molecular complexity index is 1030. The van der Waals surface area contributed by atoms with Crippen LogP contribution < -0.4 is 20.9 Å². The Labute approximate surface area is 194 Å². The van der Waals surface area contributed by atoms with Crippen LogP contribution in [-0.2, 0) is 14.4 Å². The first-order valence-electron chi connectivity index (χ1n) is 11.7. The van der Waals surface area contributed by atoms with Gasteiger partial charge in [-0.3, -0.25) is 14.4 Å². The highest BCUT2D eigenvalue weighted by atomic mass is 16.2. The number of carbonyl (C=O) groups excluding carboxylic acids is 3. The van der Waals surface area contributed by atoms with E-state index in [9.17, 15) is 14.4 Å². The molecule has 2 heterocycles. The number of nitrogens with one attached hydrogen (secondary N) is 1. The Morgan fingerprint density at radius 3 is 2.33 bits per heavy atom. The highest BCUT2D eigenvalue weighted by Crippen LogP contribution is 2.29. The molecule has 2 aromatic rings. The molecule has 1 unspecified atom stereocenters. The summed E-state index contributed by atoms with van der Waals surface area (Å²) in [5.74, 6) is -0.427. The van der Waals surface area contributed by atoms with Crippen LogP contribution in [-0.4, -0.2) is 37.4 Å². The molecule has 0 bridgehead atoms. The molecule has 33 heavy (non-hydrogen) atoms. The van der Waals surface area contributed by atoms with Crippen molar-refractivity contribution in [3.05, 3.63) is 54.1 Å². The standard InChI is InChI=1S/C26H32N4O3/c1-17(2)19-4-3-5-23(14-19)30-16-20(15-24(30)31)26(33)28-21-6-8-22(9-7-21)29-12-10-18(11-13-29)25(27)32/h3-9,14,17-18,20H,10-13,15-16H2,1-2H3,(H2,27,32)(H,28,33). The van der Waals surface area contributed by atoms with Gasteiger partial charge in [0.05, 0.1) is 5.92 Å². The summed E-state index contributed by atoms with van der Waals surface area (Å²) in [6.45, 7) is 6.21. The second-order valence-corrected chi connectivity index (χ2v) is 9.35. The molecule has 2 aliphatic rings. The number of anilines is 3. The maximum atomic E-state index is 12.9. The Morgan fingerprint density at radius 2 is 1.70 bits per heavy atom. The summed E-state index contributed by atoms with van der Waals surface area (Å²) in [4.78, 5) is 40.8. The first kappa shape index (κ1) is 22.8. The maximum absolute atomic E-state index is 12.9. The Hall–Kier alpha value is -3.35. The van der Waals surface area contributed by atoms with Gasteiger partial charge in [0, 0.05) is 49.0 Å². The predicted molar refractivity (Wildman–Crippen MR) is 130 cm³/mol. The van der Waals surface area contributed by atoms with Crippen molar-refractivity contribution in [1.82, 2.24) is 0 Å². The fraction of sp³-hybridized carbons (Fsp3) is 0.423. The molecule has 0 aromatic heterocycles. The van der Waals surface area contributed by atoms with Gasteiger partial charge in [-0.05, 0) is 60.7 Å². The van der Waals surface area contributed by atoms with E-state index in [-0.39, 0.29) is 36.0 Å². The summed E-state index contributed by atoms with van der Waals surface area (Å²) in [6, 6.07) is 15.7. The van der Waals surface area contributed by atoms with Crippen molar-refractivity contribution in [3.63, 3.8) is 0 Å². The van der Waals surface area contributed by atoms with E-state index in [1.54, 1.807) is 4.90 Å². The van der Waals surface area contributed by atoms with Gasteiger partial charge in [-0.2, -0.15) is 0 Å². The number of primary amides is 1. The maximum Gasteiger partial charge on any atom is 0.229 e. The van der Waals surface area contributed by atoms with Gasteiger partial charge < -0.3 is 20.9 Å². The van der Waals surface area contributed by atoms with E-state index in [1.807, 2.05) is 42.5 Å². The highest BCUT2D eigenvalue weighted by molar-refractivity contribution is 6.03. The Morgan fingerprint density at radius 1 is 1.00 bits per heavy atom. The minimum absolute atomic E-state index is 0.0224. The van der Waals surface area contributed by atoms with E-state index in [0.29, 0.717) is 18.2 Å². The van der Waals surface area contributed by atoms with Crippen LogP contribution >= 0.6 is 0 Å². The molecule has 0 radical (unpaired) electrons. The topological polar surface area (TPSA) is 95.7 Å². The molecule has 0 spiro atoms.